The lowest BCUT2D eigenvalue weighted by Gasteiger charge is -2.11. The van der Waals surface area contributed by atoms with Crippen LogP contribution in [0.2, 0.25) is 0 Å². The van der Waals surface area contributed by atoms with Crippen LogP contribution < -0.4 is 20.5 Å². The van der Waals surface area contributed by atoms with Crippen LogP contribution in [0.5, 0.6) is 11.5 Å². The highest BCUT2D eigenvalue weighted by atomic mass is 19.4. The quantitative estimate of drug-likeness (QED) is 0.665. The van der Waals surface area contributed by atoms with Crippen molar-refractivity contribution in [3.63, 3.8) is 0 Å². The first-order valence-electron chi connectivity index (χ1n) is 7.08. The molecule has 3 N–H and O–H groups in total. The van der Waals surface area contributed by atoms with E-state index in [1.807, 2.05) is 24.3 Å². The van der Waals surface area contributed by atoms with Gasteiger partial charge in [0.2, 0.25) is 0 Å². The standard InChI is InChI=1S/C16H14F3N3O2/c17-16(18,19)24-11-7-5-10(6-8-11)21-15(20)22-13-9-23-14-4-2-1-3-12(13)14/h1-8,13H,9H2,(H3,20,21,22). The van der Waals surface area contributed by atoms with Gasteiger partial charge in [0.15, 0.2) is 5.96 Å². The first-order valence-corrected chi connectivity index (χ1v) is 7.08. The zero-order valence-electron chi connectivity index (χ0n) is 12.4. The molecule has 0 aliphatic carbocycles. The van der Waals surface area contributed by atoms with Gasteiger partial charge in [-0.3, -0.25) is 0 Å². The van der Waals surface area contributed by atoms with Crippen LogP contribution in [0, 0.1) is 0 Å². The molecule has 8 heteroatoms. The maximum absolute atomic E-state index is 12.1. The maximum Gasteiger partial charge on any atom is 0.573 e. The molecule has 0 radical (unpaired) electrons. The number of alkyl halides is 3. The lowest BCUT2D eigenvalue weighted by molar-refractivity contribution is -0.274. The van der Waals surface area contributed by atoms with E-state index in [2.05, 4.69) is 15.0 Å². The van der Waals surface area contributed by atoms with Gasteiger partial charge in [-0.1, -0.05) is 18.2 Å². The van der Waals surface area contributed by atoms with Crippen molar-refractivity contribution in [2.24, 2.45) is 10.7 Å². The van der Waals surface area contributed by atoms with Crippen molar-refractivity contribution in [3.05, 3.63) is 54.1 Å². The molecule has 3 rings (SSSR count). The summed E-state index contributed by atoms with van der Waals surface area (Å²) in [7, 11) is 0. The van der Waals surface area contributed by atoms with Gasteiger partial charge in [0.25, 0.3) is 0 Å². The van der Waals surface area contributed by atoms with Gasteiger partial charge in [0.1, 0.15) is 24.1 Å². The molecule has 0 saturated heterocycles. The number of nitrogens with zero attached hydrogens (tertiary/aromatic N) is 1. The Morgan fingerprint density at radius 3 is 2.58 bits per heavy atom. The Morgan fingerprint density at radius 2 is 1.88 bits per heavy atom. The van der Waals surface area contributed by atoms with Crippen LogP contribution >= 0.6 is 0 Å². The molecule has 0 saturated carbocycles. The number of hydrogen-bond donors (Lipinski definition) is 2. The Balaban J connectivity index is 1.66. The summed E-state index contributed by atoms with van der Waals surface area (Å²) in [5, 5.41) is 2.83. The fraction of sp³-hybridized carbons (Fsp3) is 0.188. The summed E-state index contributed by atoms with van der Waals surface area (Å²) in [6.07, 6.45) is -4.72. The lowest BCUT2D eigenvalue weighted by atomic mass is 10.1. The fourth-order valence-corrected chi connectivity index (χ4v) is 2.34. The minimum absolute atomic E-state index is 0.143. The molecule has 126 valence electrons. The molecule has 0 fully saturated rings. The molecule has 1 aliphatic heterocycles. The van der Waals surface area contributed by atoms with E-state index in [0.717, 1.165) is 11.3 Å². The Labute approximate surface area is 135 Å². The topological polar surface area (TPSA) is 68.9 Å². The summed E-state index contributed by atoms with van der Waals surface area (Å²) < 4.78 is 45.6. The molecule has 0 bridgehead atoms. The average molecular weight is 337 g/mol. The molecule has 24 heavy (non-hydrogen) atoms. The van der Waals surface area contributed by atoms with Crippen LogP contribution in [-0.2, 0) is 0 Å². The van der Waals surface area contributed by atoms with Gasteiger partial charge in [0.05, 0.1) is 0 Å². The summed E-state index contributed by atoms with van der Waals surface area (Å²) >= 11 is 0. The Bertz CT molecular complexity index is 745. The van der Waals surface area contributed by atoms with Gasteiger partial charge in [-0.05, 0) is 30.3 Å². The number of hydrogen-bond acceptors (Lipinski definition) is 3. The van der Waals surface area contributed by atoms with Crippen LogP contribution in [0.1, 0.15) is 11.6 Å². The third-order valence-electron chi connectivity index (χ3n) is 3.33. The third kappa shape index (κ3) is 3.89. The highest BCUT2D eigenvalue weighted by Crippen LogP contribution is 2.34. The molecule has 2 aromatic carbocycles. The number of aliphatic imine (C=N–C) groups is 1. The van der Waals surface area contributed by atoms with Crippen molar-refractivity contribution in [1.29, 1.82) is 0 Å². The largest absolute Gasteiger partial charge is 0.573 e. The molecule has 1 atom stereocenters. The number of ether oxygens (including phenoxy) is 2. The van der Waals surface area contributed by atoms with E-state index in [-0.39, 0.29) is 17.8 Å². The molecular formula is C16H14F3N3O2. The van der Waals surface area contributed by atoms with Crippen molar-refractivity contribution in [3.8, 4) is 11.5 Å². The number of halogens is 3. The van der Waals surface area contributed by atoms with Crippen molar-refractivity contribution < 1.29 is 22.6 Å². The molecule has 0 spiro atoms. The molecule has 0 aromatic heterocycles. The smallest absolute Gasteiger partial charge is 0.491 e. The minimum atomic E-state index is -4.72. The second-order valence-electron chi connectivity index (χ2n) is 5.08. The molecule has 5 nitrogen and oxygen atoms in total. The SMILES string of the molecule is NC(=NC1COc2ccccc21)Nc1ccc(OC(F)(F)F)cc1. The number of fused-ring (bicyclic) bond motifs is 1. The van der Waals surface area contributed by atoms with Crippen LogP contribution in [0.15, 0.2) is 53.5 Å². The molecular weight excluding hydrogens is 323 g/mol. The van der Waals surface area contributed by atoms with Crippen molar-refractivity contribution in [1.82, 2.24) is 0 Å². The van der Waals surface area contributed by atoms with Gasteiger partial charge in [-0.25, -0.2) is 4.99 Å². The lowest BCUT2D eigenvalue weighted by Crippen LogP contribution is -2.24. The van der Waals surface area contributed by atoms with Crippen molar-refractivity contribution >= 4 is 11.6 Å². The Kier molecular flexibility index (Phi) is 4.20. The van der Waals surface area contributed by atoms with Crippen LogP contribution in [0.3, 0.4) is 0 Å². The van der Waals surface area contributed by atoms with Crippen molar-refractivity contribution in [2.45, 2.75) is 12.4 Å². The van der Waals surface area contributed by atoms with E-state index < -0.39 is 6.36 Å². The summed E-state index contributed by atoms with van der Waals surface area (Å²) in [4.78, 5) is 4.34. The number of rotatable bonds is 3. The van der Waals surface area contributed by atoms with Crippen molar-refractivity contribution in [2.75, 3.05) is 11.9 Å². The normalized spacial score (nSPS) is 17.1. The predicted molar refractivity (Wildman–Crippen MR) is 83.0 cm³/mol. The van der Waals surface area contributed by atoms with Gasteiger partial charge in [-0.15, -0.1) is 13.2 Å². The first-order chi connectivity index (χ1) is 11.4. The van der Waals surface area contributed by atoms with E-state index >= 15 is 0 Å². The molecule has 1 unspecified atom stereocenters. The van der Waals surface area contributed by atoms with E-state index in [1.54, 1.807) is 0 Å². The summed E-state index contributed by atoms with van der Waals surface area (Å²) in [6, 6.07) is 12.5. The van der Waals surface area contributed by atoms with Crippen LogP contribution in [-0.4, -0.2) is 18.9 Å². The number of nitrogens with two attached hydrogens (primary N) is 1. The highest BCUT2D eigenvalue weighted by Gasteiger charge is 2.31. The third-order valence-corrected chi connectivity index (χ3v) is 3.33. The zero-order valence-corrected chi connectivity index (χ0v) is 12.4. The van der Waals surface area contributed by atoms with Gasteiger partial charge < -0.3 is 20.5 Å². The van der Waals surface area contributed by atoms with Gasteiger partial charge in [0, 0.05) is 11.3 Å². The van der Waals surface area contributed by atoms with E-state index in [0.29, 0.717) is 12.3 Å². The Morgan fingerprint density at radius 1 is 1.17 bits per heavy atom. The van der Waals surface area contributed by atoms with Crippen LogP contribution in [0.4, 0.5) is 18.9 Å². The second-order valence-corrected chi connectivity index (χ2v) is 5.08. The summed E-state index contributed by atoms with van der Waals surface area (Å²) in [5.74, 6) is 0.610. The number of anilines is 1. The maximum atomic E-state index is 12.1. The second kappa shape index (κ2) is 6.31. The monoisotopic (exact) mass is 337 g/mol. The molecule has 1 heterocycles. The highest BCUT2D eigenvalue weighted by molar-refractivity contribution is 5.92. The van der Waals surface area contributed by atoms with E-state index in [1.165, 1.54) is 24.3 Å². The number of benzene rings is 2. The van der Waals surface area contributed by atoms with Gasteiger partial charge in [-0.2, -0.15) is 0 Å². The summed E-state index contributed by atoms with van der Waals surface area (Å²) in [6.45, 7) is 0.389. The number of nitrogens with one attached hydrogen (secondary N) is 1. The zero-order chi connectivity index (χ0) is 17.2. The van der Waals surface area contributed by atoms with E-state index in [9.17, 15) is 13.2 Å². The average Bonchev–Trinajstić information content (AvgIpc) is 2.91. The van der Waals surface area contributed by atoms with Gasteiger partial charge >= 0.3 is 6.36 Å². The molecule has 0 amide bonds. The minimum Gasteiger partial charge on any atom is -0.491 e. The molecule has 2 aromatic rings. The molecule has 1 aliphatic rings. The van der Waals surface area contributed by atoms with E-state index in [4.69, 9.17) is 10.5 Å². The number of guanidine groups is 1. The Hall–Kier alpha value is -2.90. The first kappa shape index (κ1) is 16.0. The predicted octanol–water partition coefficient (Wildman–Crippen LogP) is 3.45. The van der Waals surface area contributed by atoms with Crippen LogP contribution in [0.25, 0.3) is 0 Å². The fourth-order valence-electron chi connectivity index (χ4n) is 2.34. The summed E-state index contributed by atoms with van der Waals surface area (Å²) in [5.41, 5.74) is 7.29. The number of para-hydroxylation sites is 1.